The van der Waals surface area contributed by atoms with E-state index in [1.54, 1.807) is 6.92 Å². The average molecular weight is 236 g/mol. The fraction of sp³-hybridized carbons (Fsp3) is 0.273. The molecule has 0 unspecified atom stereocenters. The molecule has 0 aliphatic heterocycles. The molecule has 6 heteroatoms. The molecule has 0 aliphatic carbocycles. The van der Waals surface area contributed by atoms with Crippen LogP contribution in [0.15, 0.2) is 12.7 Å². The Morgan fingerprint density at radius 1 is 1.41 bits per heavy atom. The van der Waals surface area contributed by atoms with E-state index in [1.807, 2.05) is 0 Å². The van der Waals surface area contributed by atoms with Crippen LogP contribution in [-0.2, 0) is 4.74 Å². The molecule has 0 bridgehead atoms. The number of carbonyl (C=O) groups excluding carboxylic acids is 1. The summed E-state index contributed by atoms with van der Waals surface area (Å²) in [7, 11) is 0. The van der Waals surface area contributed by atoms with E-state index in [9.17, 15) is 9.59 Å². The number of hydrogen-bond donors (Lipinski definition) is 1. The molecule has 6 nitrogen and oxygen atoms in total. The Kier molecular flexibility index (Phi) is 3.92. The molecule has 0 spiro atoms. The van der Waals surface area contributed by atoms with Gasteiger partial charge in [-0.3, -0.25) is 0 Å². The van der Waals surface area contributed by atoms with Crippen molar-refractivity contribution in [3.8, 4) is 0 Å². The van der Waals surface area contributed by atoms with Crippen LogP contribution < -0.4 is 0 Å². The number of rotatable bonds is 4. The summed E-state index contributed by atoms with van der Waals surface area (Å²) in [5, 5.41) is 8.97. The minimum atomic E-state index is -1.29. The number of aryl methyl sites for hydroxylation is 2. The summed E-state index contributed by atoms with van der Waals surface area (Å²) < 4.78 is 4.79. The minimum absolute atomic E-state index is 0.00517. The maximum atomic E-state index is 11.6. The van der Waals surface area contributed by atoms with Gasteiger partial charge in [-0.2, -0.15) is 0 Å². The summed E-state index contributed by atoms with van der Waals surface area (Å²) in [6.45, 7) is 6.49. The van der Waals surface area contributed by atoms with E-state index in [1.165, 1.54) is 13.0 Å². The van der Waals surface area contributed by atoms with Gasteiger partial charge in [0.2, 0.25) is 0 Å². The topological polar surface area (TPSA) is 89.4 Å². The van der Waals surface area contributed by atoms with Crippen LogP contribution in [0.1, 0.15) is 32.4 Å². The fourth-order valence-corrected chi connectivity index (χ4v) is 1.32. The number of aromatic nitrogens is 2. The van der Waals surface area contributed by atoms with Crippen molar-refractivity contribution in [1.82, 2.24) is 9.97 Å². The Hall–Kier alpha value is -2.24. The lowest BCUT2D eigenvalue weighted by atomic mass is 10.1. The number of carbonyl (C=O) groups is 2. The third-order valence-electron chi connectivity index (χ3n) is 1.94. The zero-order valence-corrected chi connectivity index (χ0v) is 9.56. The molecular weight excluding hydrogens is 224 g/mol. The molecule has 0 saturated carbocycles. The number of ether oxygens (including phenoxy) is 1. The molecule has 0 aromatic carbocycles. The van der Waals surface area contributed by atoms with E-state index in [0.717, 1.165) is 0 Å². The minimum Gasteiger partial charge on any atom is -0.476 e. The predicted molar refractivity (Wildman–Crippen MR) is 58.9 cm³/mol. The highest BCUT2D eigenvalue weighted by Gasteiger charge is 2.23. The third-order valence-corrected chi connectivity index (χ3v) is 1.94. The summed E-state index contributed by atoms with van der Waals surface area (Å²) in [6, 6.07) is 0. The Morgan fingerprint density at radius 2 is 2.06 bits per heavy atom. The first-order chi connectivity index (χ1) is 7.97. The van der Waals surface area contributed by atoms with Crippen molar-refractivity contribution in [3.05, 3.63) is 35.4 Å². The van der Waals surface area contributed by atoms with Crippen LogP contribution in [0.3, 0.4) is 0 Å². The number of carboxylic acids is 1. The lowest BCUT2D eigenvalue weighted by Gasteiger charge is -2.08. The molecule has 90 valence electrons. The second kappa shape index (κ2) is 5.20. The van der Waals surface area contributed by atoms with E-state index in [-0.39, 0.29) is 23.6 Å². The van der Waals surface area contributed by atoms with Crippen LogP contribution in [0.25, 0.3) is 0 Å². The summed E-state index contributed by atoms with van der Waals surface area (Å²) in [5.74, 6) is -1.76. The van der Waals surface area contributed by atoms with Crippen molar-refractivity contribution >= 4 is 11.9 Å². The van der Waals surface area contributed by atoms with Gasteiger partial charge in [-0.25, -0.2) is 19.6 Å². The summed E-state index contributed by atoms with van der Waals surface area (Å²) >= 11 is 0. The molecule has 0 saturated heterocycles. The van der Waals surface area contributed by atoms with Crippen molar-refractivity contribution in [2.75, 3.05) is 6.61 Å². The van der Waals surface area contributed by atoms with Gasteiger partial charge in [-0.05, 0) is 13.8 Å². The Balaban J connectivity index is 3.25. The molecule has 1 rings (SSSR count). The molecule has 0 amide bonds. The van der Waals surface area contributed by atoms with Crippen LogP contribution in [0.5, 0.6) is 0 Å². The van der Waals surface area contributed by atoms with Crippen molar-refractivity contribution in [2.45, 2.75) is 13.8 Å². The second-order valence-corrected chi connectivity index (χ2v) is 3.27. The molecule has 1 heterocycles. The summed E-state index contributed by atoms with van der Waals surface area (Å²) in [4.78, 5) is 30.3. The van der Waals surface area contributed by atoms with Crippen LogP contribution in [0.2, 0.25) is 0 Å². The first-order valence-corrected chi connectivity index (χ1v) is 4.84. The Labute approximate surface area is 98.0 Å². The molecule has 1 aromatic heterocycles. The number of nitrogens with zero attached hydrogens (tertiary/aromatic N) is 2. The number of hydrogen-bond acceptors (Lipinski definition) is 5. The van der Waals surface area contributed by atoms with Gasteiger partial charge >= 0.3 is 11.9 Å². The lowest BCUT2D eigenvalue weighted by molar-refractivity contribution is 0.0532. The van der Waals surface area contributed by atoms with Crippen molar-refractivity contribution in [2.24, 2.45) is 0 Å². The highest BCUT2D eigenvalue weighted by molar-refractivity contribution is 6.01. The van der Waals surface area contributed by atoms with Crippen molar-refractivity contribution in [3.63, 3.8) is 0 Å². The van der Waals surface area contributed by atoms with Gasteiger partial charge < -0.3 is 9.84 Å². The number of carboxylic acid groups (broad SMARTS) is 1. The van der Waals surface area contributed by atoms with Gasteiger partial charge in [0.25, 0.3) is 0 Å². The van der Waals surface area contributed by atoms with Crippen LogP contribution >= 0.6 is 0 Å². The van der Waals surface area contributed by atoms with E-state index < -0.39 is 11.9 Å². The molecule has 17 heavy (non-hydrogen) atoms. The zero-order valence-electron chi connectivity index (χ0n) is 9.56. The van der Waals surface area contributed by atoms with Gasteiger partial charge in [-0.15, -0.1) is 0 Å². The van der Waals surface area contributed by atoms with Gasteiger partial charge in [0.05, 0.1) is 5.69 Å². The molecule has 0 aliphatic rings. The predicted octanol–water partition coefficient (Wildman–Crippen LogP) is 1.13. The Bertz CT molecular complexity index is 483. The van der Waals surface area contributed by atoms with Crippen molar-refractivity contribution < 1.29 is 19.4 Å². The third kappa shape index (κ3) is 2.87. The van der Waals surface area contributed by atoms with Crippen LogP contribution in [-0.4, -0.2) is 33.6 Å². The van der Waals surface area contributed by atoms with Gasteiger partial charge in [-0.1, -0.05) is 12.7 Å². The highest BCUT2D eigenvalue weighted by Crippen LogP contribution is 2.12. The molecule has 0 radical (unpaired) electrons. The van der Waals surface area contributed by atoms with Crippen LogP contribution in [0.4, 0.5) is 0 Å². The van der Waals surface area contributed by atoms with Gasteiger partial charge in [0.15, 0.2) is 5.69 Å². The van der Waals surface area contributed by atoms with Crippen LogP contribution in [0, 0.1) is 13.8 Å². The monoisotopic (exact) mass is 236 g/mol. The maximum absolute atomic E-state index is 11.6. The quantitative estimate of drug-likeness (QED) is 0.622. The Morgan fingerprint density at radius 3 is 2.59 bits per heavy atom. The second-order valence-electron chi connectivity index (χ2n) is 3.27. The number of esters is 1. The molecule has 0 atom stereocenters. The normalized spacial score (nSPS) is 9.76. The summed E-state index contributed by atoms with van der Waals surface area (Å²) in [6.07, 6.45) is 1.39. The van der Waals surface area contributed by atoms with Crippen molar-refractivity contribution in [1.29, 1.82) is 0 Å². The summed E-state index contributed by atoms with van der Waals surface area (Å²) in [5.41, 5.74) is -0.182. The van der Waals surface area contributed by atoms with E-state index in [2.05, 4.69) is 16.5 Å². The van der Waals surface area contributed by atoms with E-state index >= 15 is 0 Å². The van der Waals surface area contributed by atoms with E-state index in [0.29, 0.717) is 5.82 Å². The van der Waals surface area contributed by atoms with E-state index in [4.69, 9.17) is 9.84 Å². The molecular formula is C11H12N2O4. The lowest BCUT2D eigenvalue weighted by Crippen LogP contribution is -2.17. The SMILES string of the molecule is C=CCOC(=O)c1c(C)nc(C)nc1C(=O)O. The zero-order chi connectivity index (χ0) is 13.0. The first kappa shape index (κ1) is 12.8. The van der Waals surface area contributed by atoms with Gasteiger partial charge in [0, 0.05) is 0 Å². The smallest absolute Gasteiger partial charge is 0.355 e. The molecule has 1 aromatic rings. The largest absolute Gasteiger partial charge is 0.476 e. The number of aromatic carboxylic acids is 1. The standard InChI is InChI=1S/C11H12N2O4/c1-4-5-17-11(16)8-6(2)12-7(3)13-9(8)10(14)15/h4H,1,5H2,2-3H3,(H,14,15). The maximum Gasteiger partial charge on any atom is 0.355 e. The highest BCUT2D eigenvalue weighted by atomic mass is 16.5. The molecule has 0 fully saturated rings. The van der Waals surface area contributed by atoms with Gasteiger partial charge in [0.1, 0.15) is 18.0 Å². The fourth-order valence-electron chi connectivity index (χ4n) is 1.32. The first-order valence-electron chi connectivity index (χ1n) is 4.84. The molecule has 1 N–H and O–H groups in total. The average Bonchev–Trinajstić information content (AvgIpc) is 2.24.